The zero-order valence-corrected chi connectivity index (χ0v) is 11.2. The highest BCUT2D eigenvalue weighted by atomic mass is 79.9. The van der Waals surface area contributed by atoms with Crippen LogP contribution in [0.25, 0.3) is 6.08 Å². The second-order valence-corrected chi connectivity index (χ2v) is 5.15. The maximum absolute atomic E-state index is 3.49. The van der Waals surface area contributed by atoms with Crippen molar-refractivity contribution >= 4 is 22.0 Å². The largest absolute Gasteiger partial charge is 0.0770 e. The van der Waals surface area contributed by atoms with E-state index < -0.39 is 0 Å². The highest BCUT2D eigenvalue weighted by molar-refractivity contribution is 9.10. The van der Waals surface area contributed by atoms with Gasteiger partial charge in [0.25, 0.3) is 0 Å². The Morgan fingerprint density at radius 1 is 1.31 bits per heavy atom. The van der Waals surface area contributed by atoms with Crippen LogP contribution in [0.1, 0.15) is 19.4 Å². The lowest BCUT2D eigenvalue weighted by Gasteiger charge is -2.12. The average Bonchev–Trinajstić information content (AvgIpc) is 2.24. The minimum atomic E-state index is 0.569. The van der Waals surface area contributed by atoms with Gasteiger partial charge in [0.15, 0.2) is 0 Å². The van der Waals surface area contributed by atoms with Crippen LogP contribution >= 0.6 is 15.9 Å². The van der Waals surface area contributed by atoms with Crippen molar-refractivity contribution in [2.24, 2.45) is 5.92 Å². The van der Waals surface area contributed by atoms with Crippen molar-refractivity contribution in [3.63, 3.8) is 0 Å². The van der Waals surface area contributed by atoms with Crippen molar-refractivity contribution < 1.29 is 0 Å². The van der Waals surface area contributed by atoms with E-state index in [4.69, 9.17) is 0 Å². The Kier molecular flexibility index (Phi) is 3.45. The summed E-state index contributed by atoms with van der Waals surface area (Å²) < 4.78 is 1.12. The van der Waals surface area contributed by atoms with E-state index in [9.17, 15) is 0 Å². The van der Waals surface area contributed by atoms with Gasteiger partial charge in [-0.05, 0) is 42.2 Å². The predicted octanol–water partition coefficient (Wildman–Crippen LogP) is 4.98. The van der Waals surface area contributed by atoms with E-state index >= 15 is 0 Å². The summed E-state index contributed by atoms with van der Waals surface area (Å²) in [6.07, 6.45) is 8.90. The number of hydrogen-bond acceptors (Lipinski definition) is 0. The quantitative estimate of drug-likeness (QED) is 0.677. The molecular formula is C15H15Br. The molecular weight excluding hydrogens is 260 g/mol. The van der Waals surface area contributed by atoms with Gasteiger partial charge in [0, 0.05) is 4.47 Å². The van der Waals surface area contributed by atoms with Crippen LogP contribution in [-0.2, 0) is 0 Å². The maximum atomic E-state index is 3.49. The second-order valence-electron chi connectivity index (χ2n) is 4.24. The molecule has 0 fully saturated rings. The number of benzene rings is 1. The molecule has 0 aromatic heterocycles. The fraction of sp³-hybridized carbons (Fsp3) is 0.200. The molecule has 16 heavy (non-hydrogen) atoms. The van der Waals surface area contributed by atoms with Gasteiger partial charge in [0.05, 0.1) is 0 Å². The van der Waals surface area contributed by atoms with Gasteiger partial charge in [0.2, 0.25) is 0 Å². The van der Waals surface area contributed by atoms with Gasteiger partial charge >= 0.3 is 0 Å². The second kappa shape index (κ2) is 4.84. The first-order valence-electron chi connectivity index (χ1n) is 5.49. The normalized spacial score (nSPS) is 22.3. The van der Waals surface area contributed by atoms with Gasteiger partial charge < -0.3 is 0 Å². The number of hydrogen-bond donors (Lipinski definition) is 0. The van der Waals surface area contributed by atoms with Crippen molar-refractivity contribution in [2.45, 2.75) is 13.8 Å². The molecule has 0 bridgehead atoms. The van der Waals surface area contributed by atoms with Crippen LogP contribution < -0.4 is 0 Å². The standard InChI is InChI=1S/C15H15Br/c1-11-6-7-14(8-12(11)2)9-13-4-3-5-15(16)10-13/h3-11H,1-2H3/b14-9+. The average molecular weight is 275 g/mol. The van der Waals surface area contributed by atoms with E-state index in [-0.39, 0.29) is 0 Å². The molecule has 0 saturated carbocycles. The molecule has 0 spiro atoms. The summed E-state index contributed by atoms with van der Waals surface area (Å²) in [5.41, 5.74) is 3.92. The molecule has 0 nitrogen and oxygen atoms in total. The SMILES string of the molecule is CC1=C/C(=C/c2cccc(Br)c2)C=CC1C. The first kappa shape index (κ1) is 11.4. The molecule has 0 aliphatic heterocycles. The number of rotatable bonds is 1. The Balaban J connectivity index is 2.29. The molecule has 0 saturated heterocycles. The van der Waals surface area contributed by atoms with Crippen LogP contribution in [0.2, 0.25) is 0 Å². The fourth-order valence-electron chi connectivity index (χ4n) is 1.73. The van der Waals surface area contributed by atoms with Crippen LogP contribution in [0.3, 0.4) is 0 Å². The Bertz CT molecular complexity index is 478. The molecule has 1 aliphatic carbocycles. The summed E-state index contributed by atoms with van der Waals surface area (Å²) in [5, 5.41) is 0. The molecule has 0 N–H and O–H groups in total. The van der Waals surface area contributed by atoms with Crippen molar-refractivity contribution in [3.05, 3.63) is 63.7 Å². The Hall–Kier alpha value is -1.08. The molecule has 1 aromatic rings. The van der Waals surface area contributed by atoms with Crippen LogP contribution in [0.5, 0.6) is 0 Å². The van der Waals surface area contributed by atoms with Gasteiger partial charge in [-0.15, -0.1) is 0 Å². The maximum Gasteiger partial charge on any atom is 0.0181 e. The van der Waals surface area contributed by atoms with Gasteiger partial charge in [-0.25, -0.2) is 0 Å². The summed E-state index contributed by atoms with van der Waals surface area (Å²) in [6, 6.07) is 8.35. The molecule has 82 valence electrons. The zero-order valence-electron chi connectivity index (χ0n) is 9.57. The van der Waals surface area contributed by atoms with Crippen LogP contribution in [0, 0.1) is 5.92 Å². The van der Waals surface area contributed by atoms with E-state index in [2.05, 4.69) is 72.3 Å². The minimum Gasteiger partial charge on any atom is -0.0770 e. The van der Waals surface area contributed by atoms with Crippen molar-refractivity contribution in [1.82, 2.24) is 0 Å². The highest BCUT2D eigenvalue weighted by Crippen LogP contribution is 2.23. The smallest absolute Gasteiger partial charge is 0.0181 e. The van der Waals surface area contributed by atoms with E-state index in [1.54, 1.807) is 0 Å². The molecule has 0 amide bonds. The molecule has 0 heterocycles. The Labute approximate surface area is 106 Å². The zero-order chi connectivity index (χ0) is 11.5. The van der Waals surface area contributed by atoms with E-state index in [1.165, 1.54) is 16.7 Å². The topological polar surface area (TPSA) is 0 Å². The molecule has 1 heteroatoms. The summed E-state index contributed by atoms with van der Waals surface area (Å²) in [5.74, 6) is 0.569. The summed E-state index contributed by atoms with van der Waals surface area (Å²) in [7, 11) is 0. The highest BCUT2D eigenvalue weighted by Gasteiger charge is 2.05. The third kappa shape index (κ3) is 2.73. The molecule has 2 rings (SSSR count). The summed E-state index contributed by atoms with van der Waals surface area (Å²) in [4.78, 5) is 0. The molecule has 1 aromatic carbocycles. The molecule has 1 atom stereocenters. The molecule has 0 radical (unpaired) electrons. The van der Waals surface area contributed by atoms with E-state index in [0.717, 1.165) is 4.47 Å². The van der Waals surface area contributed by atoms with Gasteiger partial charge in [-0.3, -0.25) is 0 Å². The Morgan fingerprint density at radius 2 is 2.12 bits per heavy atom. The predicted molar refractivity (Wildman–Crippen MR) is 74.2 cm³/mol. The van der Waals surface area contributed by atoms with Gasteiger partial charge in [-0.2, -0.15) is 0 Å². The number of allylic oxidation sites excluding steroid dienone is 5. The minimum absolute atomic E-state index is 0.569. The van der Waals surface area contributed by atoms with E-state index in [1.807, 2.05) is 6.07 Å². The van der Waals surface area contributed by atoms with Crippen molar-refractivity contribution in [3.8, 4) is 0 Å². The van der Waals surface area contributed by atoms with Crippen LogP contribution in [0.15, 0.2) is 58.1 Å². The summed E-state index contributed by atoms with van der Waals surface area (Å²) >= 11 is 3.49. The van der Waals surface area contributed by atoms with E-state index in [0.29, 0.717) is 5.92 Å². The monoisotopic (exact) mass is 274 g/mol. The molecule has 1 aliphatic rings. The first-order chi connectivity index (χ1) is 7.65. The molecule has 1 unspecified atom stereocenters. The van der Waals surface area contributed by atoms with Gasteiger partial charge in [0.1, 0.15) is 0 Å². The Morgan fingerprint density at radius 3 is 2.81 bits per heavy atom. The van der Waals surface area contributed by atoms with Crippen molar-refractivity contribution in [1.29, 1.82) is 0 Å². The lowest BCUT2D eigenvalue weighted by Crippen LogP contribution is -1.96. The summed E-state index contributed by atoms with van der Waals surface area (Å²) in [6.45, 7) is 4.40. The first-order valence-corrected chi connectivity index (χ1v) is 6.28. The van der Waals surface area contributed by atoms with Crippen LogP contribution in [-0.4, -0.2) is 0 Å². The lowest BCUT2D eigenvalue weighted by molar-refractivity contribution is 0.852. The van der Waals surface area contributed by atoms with Crippen LogP contribution in [0.4, 0.5) is 0 Å². The third-order valence-electron chi connectivity index (χ3n) is 2.87. The lowest BCUT2D eigenvalue weighted by atomic mass is 9.93. The fourth-order valence-corrected chi connectivity index (χ4v) is 2.15. The number of halogens is 1. The third-order valence-corrected chi connectivity index (χ3v) is 3.37. The van der Waals surface area contributed by atoms with Gasteiger partial charge in [-0.1, -0.05) is 58.8 Å². The van der Waals surface area contributed by atoms with Crippen molar-refractivity contribution in [2.75, 3.05) is 0 Å².